The summed E-state index contributed by atoms with van der Waals surface area (Å²) < 4.78 is 1.82. The predicted molar refractivity (Wildman–Crippen MR) is 59.5 cm³/mol. The minimum absolute atomic E-state index is 0.0451. The number of aliphatic carboxylic acids is 1. The summed E-state index contributed by atoms with van der Waals surface area (Å²) in [6.45, 7) is 7.67. The average Bonchev–Trinajstić information content (AvgIpc) is 2.42. The van der Waals surface area contributed by atoms with E-state index in [1.54, 1.807) is 0 Å². The van der Waals surface area contributed by atoms with Crippen molar-refractivity contribution in [2.24, 2.45) is 5.92 Å². The van der Waals surface area contributed by atoms with E-state index >= 15 is 0 Å². The highest BCUT2D eigenvalue weighted by Gasteiger charge is 2.21. The normalized spacial score (nSPS) is 12.9. The molecule has 0 aliphatic rings. The number of nitrogens with one attached hydrogen (secondary N) is 1. The zero-order chi connectivity index (χ0) is 11.6. The van der Waals surface area contributed by atoms with Gasteiger partial charge in [-0.1, -0.05) is 13.8 Å². The van der Waals surface area contributed by atoms with E-state index in [0.717, 1.165) is 11.4 Å². The Balaban J connectivity index is 2.88. The number of rotatable bonds is 4. The van der Waals surface area contributed by atoms with Crippen molar-refractivity contribution in [3.8, 4) is 0 Å². The highest BCUT2D eigenvalue weighted by Crippen LogP contribution is 2.09. The van der Waals surface area contributed by atoms with Crippen LogP contribution in [-0.2, 0) is 4.79 Å². The topological polar surface area (TPSA) is 54.3 Å². The molecule has 1 aromatic heterocycles. The summed E-state index contributed by atoms with van der Waals surface area (Å²) in [6, 6.07) is 3.36. The Morgan fingerprint density at radius 3 is 2.13 bits per heavy atom. The van der Waals surface area contributed by atoms with Crippen molar-refractivity contribution in [3.63, 3.8) is 0 Å². The molecule has 0 fully saturated rings. The van der Waals surface area contributed by atoms with Gasteiger partial charge in [0.1, 0.15) is 6.04 Å². The van der Waals surface area contributed by atoms with Gasteiger partial charge in [-0.3, -0.25) is 4.68 Å². The van der Waals surface area contributed by atoms with Crippen molar-refractivity contribution in [2.45, 2.75) is 33.7 Å². The summed E-state index contributed by atoms with van der Waals surface area (Å²) in [7, 11) is 0. The Labute approximate surface area is 89.9 Å². The Bertz CT molecular complexity index is 336. The first-order chi connectivity index (χ1) is 6.93. The molecule has 0 radical (unpaired) electrons. The molecule has 84 valence electrons. The molecule has 1 atom stereocenters. The molecule has 1 aromatic rings. The molecule has 0 saturated carbocycles. The molecule has 0 saturated heterocycles. The van der Waals surface area contributed by atoms with Gasteiger partial charge in [0.05, 0.1) is 0 Å². The second-order valence-corrected chi connectivity index (χ2v) is 4.14. The van der Waals surface area contributed by atoms with Gasteiger partial charge in [0.25, 0.3) is 0 Å². The van der Waals surface area contributed by atoms with Crippen LogP contribution in [0, 0.1) is 19.8 Å². The zero-order valence-corrected chi connectivity index (χ0v) is 9.61. The van der Waals surface area contributed by atoms with Crippen molar-refractivity contribution in [1.29, 1.82) is 0 Å². The molecule has 1 unspecified atom stereocenters. The molecule has 15 heavy (non-hydrogen) atoms. The van der Waals surface area contributed by atoms with Crippen LogP contribution >= 0.6 is 0 Å². The number of nitrogens with zero attached hydrogens (tertiary/aromatic N) is 1. The number of carboxylic acids is 1. The molecule has 0 spiro atoms. The van der Waals surface area contributed by atoms with Crippen LogP contribution in [0.1, 0.15) is 25.2 Å². The van der Waals surface area contributed by atoms with Crippen molar-refractivity contribution < 1.29 is 9.90 Å². The monoisotopic (exact) mass is 210 g/mol. The van der Waals surface area contributed by atoms with Gasteiger partial charge in [-0.15, -0.1) is 0 Å². The highest BCUT2D eigenvalue weighted by atomic mass is 16.4. The molecule has 0 bridgehead atoms. The number of hydrogen-bond donors (Lipinski definition) is 2. The fraction of sp³-hybridized carbons (Fsp3) is 0.545. The Hall–Kier alpha value is -1.45. The maximum atomic E-state index is 11.0. The summed E-state index contributed by atoms with van der Waals surface area (Å²) in [6.07, 6.45) is 0. The van der Waals surface area contributed by atoms with Crippen LogP contribution in [0.25, 0.3) is 0 Å². The maximum absolute atomic E-state index is 11.0. The molecule has 0 aliphatic carbocycles. The van der Waals surface area contributed by atoms with E-state index < -0.39 is 12.0 Å². The van der Waals surface area contributed by atoms with Gasteiger partial charge in [-0.05, 0) is 31.9 Å². The van der Waals surface area contributed by atoms with E-state index in [2.05, 4.69) is 5.43 Å². The van der Waals surface area contributed by atoms with E-state index in [9.17, 15) is 4.79 Å². The second kappa shape index (κ2) is 4.38. The number of carboxylic acid groups (broad SMARTS) is 1. The molecule has 4 heteroatoms. The lowest BCUT2D eigenvalue weighted by molar-refractivity contribution is -0.139. The standard InChI is InChI=1S/C11H18N2O2/c1-7(2)10(11(14)15)12-13-8(3)5-6-9(13)4/h5-7,10,12H,1-4H3,(H,14,15). The number of carbonyl (C=O) groups is 1. The van der Waals surface area contributed by atoms with Crippen molar-refractivity contribution >= 4 is 5.97 Å². The summed E-state index contributed by atoms with van der Waals surface area (Å²) in [5.41, 5.74) is 5.04. The first-order valence-electron chi connectivity index (χ1n) is 5.07. The fourth-order valence-corrected chi connectivity index (χ4v) is 1.50. The van der Waals surface area contributed by atoms with Gasteiger partial charge in [0.15, 0.2) is 0 Å². The van der Waals surface area contributed by atoms with Gasteiger partial charge in [0, 0.05) is 11.4 Å². The predicted octanol–water partition coefficient (Wildman–Crippen LogP) is 1.76. The third-order valence-corrected chi connectivity index (χ3v) is 2.47. The largest absolute Gasteiger partial charge is 0.480 e. The van der Waals surface area contributed by atoms with Crippen LogP contribution in [0.4, 0.5) is 0 Å². The zero-order valence-electron chi connectivity index (χ0n) is 9.61. The molecule has 1 heterocycles. The highest BCUT2D eigenvalue weighted by molar-refractivity contribution is 5.75. The average molecular weight is 210 g/mol. The van der Waals surface area contributed by atoms with Gasteiger partial charge in [0.2, 0.25) is 0 Å². The third kappa shape index (κ3) is 2.52. The van der Waals surface area contributed by atoms with Crippen LogP contribution in [-0.4, -0.2) is 21.8 Å². The Kier molecular flexibility index (Phi) is 3.39. The molecule has 0 aliphatic heterocycles. The van der Waals surface area contributed by atoms with Crippen LogP contribution in [0.2, 0.25) is 0 Å². The van der Waals surface area contributed by atoms with E-state index in [0.29, 0.717) is 0 Å². The summed E-state index contributed by atoms with van der Waals surface area (Å²) in [5.74, 6) is -0.777. The molecule has 0 amide bonds. The van der Waals surface area contributed by atoms with E-state index in [1.165, 1.54) is 0 Å². The fourth-order valence-electron chi connectivity index (χ4n) is 1.50. The summed E-state index contributed by atoms with van der Waals surface area (Å²) in [4.78, 5) is 11.0. The lowest BCUT2D eigenvalue weighted by atomic mass is 10.1. The minimum atomic E-state index is -0.822. The summed E-state index contributed by atoms with van der Waals surface area (Å²) in [5, 5.41) is 9.05. The van der Waals surface area contributed by atoms with Crippen molar-refractivity contribution in [3.05, 3.63) is 23.5 Å². The van der Waals surface area contributed by atoms with E-state index in [-0.39, 0.29) is 5.92 Å². The van der Waals surface area contributed by atoms with Crippen LogP contribution in [0.3, 0.4) is 0 Å². The molecule has 0 aromatic carbocycles. The van der Waals surface area contributed by atoms with Crippen LogP contribution < -0.4 is 5.43 Å². The first kappa shape index (κ1) is 11.6. The van der Waals surface area contributed by atoms with Gasteiger partial charge >= 0.3 is 5.97 Å². The van der Waals surface area contributed by atoms with Crippen molar-refractivity contribution in [2.75, 3.05) is 5.43 Å². The van der Waals surface area contributed by atoms with E-state index in [1.807, 2.05) is 44.5 Å². The second-order valence-electron chi connectivity index (χ2n) is 4.14. The minimum Gasteiger partial charge on any atom is -0.480 e. The lowest BCUT2D eigenvalue weighted by Crippen LogP contribution is -2.40. The third-order valence-electron chi connectivity index (χ3n) is 2.47. The SMILES string of the molecule is Cc1ccc(C)n1NC(C(=O)O)C(C)C. The molecule has 4 nitrogen and oxygen atoms in total. The lowest BCUT2D eigenvalue weighted by Gasteiger charge is -2.22. The molecular formula is C11H18N2O2. The Morgan fingerprint density at radius 1 is 1.33 bits per heavy atom. The quantitative estimate of drug-likeness (QED) is 0.796. The van der Waals surface area contributed by atoms with Gasteiger partial charge in [-0.25, -0.2) is 4.79 Å². The van der Waals surface area contributed by atoms with Crippen LogP contribution in [0.15, 0.2) is 12.1 Å². The van der Waals surface area contributed by atoms with Crippen LogP contribution in [0.5, 0.6) is 0 Å². The number of hydrogen-bond acceptors (Lipinski definition) is 2. The molecular weight excluding hydrogens is 192 g/mol. The van der Waals surface area contributed by atoms with E-state index in [4.69, 9.17) is 5.11 Å². The molecule has 1 rings (SSSR count). The maximum Gasteiger partial charge on any atom is 0.327 e. The molecule has 2 N–H and O–H groups in total. The number of aryl methyl sites for hydroxylation is 2. The Morgan fingerprint density at radius 2 is 1.80 bits per heavy atom. The van der Waals surface area contributed by atoms with Gasteiger partial charge < -0.3 is 10.5 Å². The van der Waals surface area contributed by atoms with Crippen molar-refractivity contribution in [1.82, 2.24) is 4.68 Å². The number of aromatic nitrogens is 1. The van der Waals surface area contributed by atoms with Gasteiger partial charge in [-0.2, -0.15) is 0 Å². The smallest absolute Gasteiger partial charge is 0.327 e. The first-order valence-corrected chi connectivity index (χ1v) is 5.07. The summed E-state index contributed by atoms with van der Waals surface area (Å²) >= 11 is 0.